The van der Waals surface area contributed by atoms with Crippen LogP contribution in [-0.4, -0.2) is 17.4 Å². The topological polar surface area (TPSA) is 81.4 Å². The Hall–Kier alpha value is -2.89. The molecular formula is C18H19FN2O3. The normalized spacial score (nSPS) is 11.0. The second-order valence-electron chi connectivity index (χ2n) is 5.82. The number of rotatable bonds is 6. The van der Waals surface area contributed by atoms with Gasteiger partial charge in [-0.25, -0.2) is 4.39 Å². The predicted octanol–water partition coefficient (Wildman–Crippen LogP) is 2.65. The number of carbonyl (C=O) groups is 2. The number of halogens is 1. The van der Waals surface area contributed by atoms with Crippen molar-refractivity contribution in [2.45, 2.75) is 25.9 Å². The van der Waals surface area contributed by atoms with Crippen LogP contribution in [0.25, 0.3) is 0 Å². The van der Waals surface area contributed by atoms with Crippen LogP contribution in [0.15, 0.2) is 48.5 Å². The number of hydrogen-bond donors (Lipinski definition) is 2. The number of amides is 2. The van der Waals surface area contributed by atoms with E-state index in [9.17, 15) is 14.0 Å². The maximum atomic E-state index is 12.9. The Morgan fingerprint density at radius 2 is 1.75 bits per heavy atom. The monoisotopic (exact) mass is 330 g/mol. The summed E-state index contributed by atoms with van der Waals surface area (Å²) < 4.78 is 18.6. The van der Waals surface area contributed by atoms with Crippen molar-refractivity contribution in [3.8, 4) is 5.75 Å². The number of hydrogen-bond acceptors (Lipinski definition) is 3. The molecule has 2 amide bonds. The molecule has 2 aromatic carbocycles. The van der Waals surface area contributed by atoms with Crippen molar-refractivity contribution in [1.82, 2.24) is 0 Å². The number of carbonyl (C=O) groups excluding carboxylic acids is 2. The lowest BCUT2D eigenvalue weighted by Crippen LogP contribution is -2.42. The molecule has 0 saturated heterocycles. The molecule has 2 rings (SSSR count). The highest BCUT2D eigenvalue weighted by molar-refractivity contribution is 5.98. The first kappa shape index (κ1) is 17.5. The van der Waals surface area contributed by atoms with Crippen LogP contribution in [0.4, 0.5) is 10.1 Å². The molecule has 0 radical (unpaired) electrons. The molecule has 0 unspecified atom stereocenters. The van der Waals surface area contributed by atoms with E-state index in [0.29, 0.717) is 17.0 Å². The van der Waals surface area contributed by atoms with Crippen molar-refractivity contribution in [2.75, 3.05) is 5.32 Å². The zero-order chi connectivity index (χ0) is 17.7. The summed E-state index contributed by atoms with van der Waals surface area (Å²) in [6, 6.07) is 12.3. The van der Waals surface area contributed by atoms with Gasteiger partial charge in [-0.3, -0.25) is 9.59 Å². The van der Waals surface area contributed by atoms with E-state index in [0.717, 1.165) is 0 Å². The Kier molecular flexibility index (Phi) is 5.18. The fourth-order valence-corrected chi connectivity index (χ4v) is 2.10. The molecule has 24 heavy (non-hydrogen) atoms. The lowest BCUT2D eigenvalue weighted by molar-refractivity contribution is -0.128. The summed E-state index contributed by atoms with van der Waals surface area (Å²) >= 11 is 0. The van der Waals surface area contributed by atoms with Crippen LogP contribution >= 0.6 is 0 Å². The van der Waals surface area contributed by atoms with Gasteiger partial charge in [0, 0.05) is 5.69 Å². The Morgan fingerprint density at radius 1 is 1.12 bits per heavy atom. The zero-order valence-electron chi connectivity index (χ0n) is 13.5. The third kappa shape index (κ3) is 4.55. The number of nitrogens with two attached hydrogens (primary N) is 1. The summed E-state index contributed by atoms with van der Waals surface area (Å²) in [5.41, 5.74) is 5.14. The van der Waals surface area contributed by atoms with Crippen molar-refractivity contribution in [3.63, 3.8) is 0 Å². The van der Waals surface area contributed by atoms with E-state index in [2.05, 4.69) is 5.32 Å². The Balaban J connectivity index is 2.13. The largest absolute Gasteiger partial charge is 0.478 e. The molecule has 3 N–H and O–H groups in total. The van der Waals surface area contributed by atoms with Gasteiger partial charge in [0.2, 0.25) is 5.91 Å². The molecule has 0 saturated carbocycles. The van der Waals surface area contributed by atoms with Gasteiger partial charge in [-0.15, -0.1) is 0 Å². The lowest BCUT2D eigenvalue weighted by atomic mass is 10.1. The quantitative estimate of drug-likeness (QED) is 0.854. The average Bonchev–Trinajstić information content (AvgIpc) is 2.51. The van der Waals surface area contributed by atoms with Gasteiger partial charge >= 0.3 is 0 Å². The first-order chi connectivity index (χ1) is 11.3. The third-order valence-corrected chi connectivity index (χ3v) is 3.36. The minimum absolute atomic E-state index is 0.0235. The van der Waals surface area contributed by atoms with Gasteiger partial charge in [0.15, 0.2) is 5.60 Å². The highest BCUT2D eigenvalue weighted by Gasteiger charge is 2.30. The number of nitrogens with one attached hydrogen (secondary N) is 1. The number of benzene rings is 2. The van der Waals surface area contributed by atoms with Crippen LogP contribution in [0.1, 0.15) is 19.4 Å². The molecule has 0 spiro atoms. The van der Waals surface area contributed by atoms with Gasteiger partial charge in [-0.05, 0) is 49.7 Å². The number of para-hydroxylation sites is 1. The molecule has 0 atom stereocenters. The lowest BCUT2D eigenvalue weighted by Gasteiger charge is -2.26. The zero-order valence-corrected chi connectivity index (χ0v) is 13.5. The Bertz CT molecular complexity index is 742. The maximum Gasteiger partial charge on any atom is 0.267 e. The Morgan fingerprint density at radius 3 is 2.38 bits per heavy atom. The van der Waals surface area contributed by atoms with E-state index in [-0.39, 0.29) is 12.2 Å². The van der Waals surface area contributed by atoms with Crippen molar-refractivity contribution in [1.29, 1.82) is 0 Å². The highest BCUT2D eigenvalue weighted by atomic mass is 19.1. The fraction of sp³-hybridized carbons (Fsp3) is 0.222. The fourth-order valence-electron chi connectivity index (χ4n) is 2.10. The molecule has 0 heterocycles. The van der Waals surface area contributed by atoms with E-state index < -0.39 is 17.4 Å². The standard InChI is InChI=1S/C18H19FN2O3/c1-18(2,24-14-9-7-13(19)8-10-14)17(23)21-15-6-4-3-5-12(15)11-16(20)22/h3-10H,11H2,1-2H3,(H2,20,22)(H,21,23). The molecule has 2 aromatic rings. The second kappa shape index (κ2) is 7.12. The van der Waals surface area contributed by atoms with Crippen LogP contribution in [-0.2, 0) is 16.0 Å². The minimum atomic E-state index is -1.20. The summed E-state index contributed by atoms with van der Waals surface area (Å²) in [7, 11) is 0. The molecule has 5 nitrogen and oxygen atoms in total. The van der Waals surface area contributed by atoms with Crippen LogP contribution in [0.2, 0.25) is 0 Å². The van der Waals surface area contributed by atoms with E-state index in [4.69, 9.17) is 10.5 Å². The summed E-state index contributed by atoms with van der Waals surface area (Å²) in [5, 5.41) is 2.74. The summed E-state index contributed by atoms with van der Waals surface area (Å²) in [6.07, 6.45) is 0.0235. The predicted molar refractivity (Wildman–Crippen MR) is 89.1 cm³/mol. The highest BCUT2D eigenvalue weighted by Crippen LogP contribution is 2.22. The molecule has 0 aliphatic rings. The Labute approximate surface area is 139 Å². The van der Waals surface area contributed by atoms with Crippen LogP contribution < -0.4 is 15.8 Å². The van der Waals surface area contributed by atoms with Gasteiger partial charge in [0.05, 0.1) is 6.42 Å². The molecule has 0 aliphatic carbocycles. The van der Waals surface area contributed by atoms with Crippen molar-refractivity contribution in [2.24, 2.45) is 5.73 Å². The number of primary amides is 1. The molecule has 0 fully saturated rings. The van der Waals surface area contributed by atoms with Crippen LogP contribution in [0.5, 0.6) is 5.75 Å². The van der Waals surface area contributed by atoms with Gasteiger partial charge in [-0.2, -0.15) is 0 Å². The van der Waals surface area contributed by atoms with Crippen LogP contribution in [0, 0.1) is 5.82 Å². The van der Waals surface area contributed by atoms with Crippen LogP contribution in [0.3, 0.4) is 0 Å². The molecule has 126 valence electrons. The van der Waals surface area contributed by atoms with Gasteiger partial charge in [-0.1, -0.05) is 18.2 Å². The molecule has 0 aliphatic heterocycles. The van der Waals surface area contributed by atoms with Crippen molar-refractivity contribution < 1.29 is 18.7 Å². The first-order valence-corrected chi connectivity index (χ1v) is 7.40. The summed E-state index contributed by atoms with van der Waals surface area (Å²) in [5.74, 6) is -0.894. The number of ether oxygens (including phenoxy) is 1. The van der Waals surface area contributed by atoms with Crippen molar-refractivity contribution in [3.05, 3.63) is 59.9 Å². The first-order valence-electron chi connectivity index (χ1n) is 7.40. The van der Waals surface area contributed by atoms with E-state index in [1.807, 2.05) is 0 Å². The van der Waals surface area contributed by atoms with Gasteiger partial charge in [0.25, 0.3) is 5.91 Å². The van der Waals surface area contributed by atoms with E-state index in [1.54, 1.807) is 38.1 Å². The minimum Gasteiger partial charge on any atom is -0.478 e. The third-order valence-electron chi connectivity index (χ3n) is 3.36. The van der Waals surface area contributed by atoms with Gasteiger partial charge in [0.1, 0.15) is 11.6 Å². The maximum absolute atomic E-state index is 12.9. The number of anilines is 1. The average molecular weight is 330 g/mol. The second-order valence-corrected chi connectivity index (χ2v) is 5.82. The molecule has 0 bridgehead atoms. The van der Waals surface area contributed by atoms with E-state index >= 15 is 0 Å². The summed E-state index contributed by atoms with van der Waals surface area (Å²) in [4.78, 5) is 23.6. The molecule has 0 aromatic heterocycles. The molecule has 6 heteroatoms. The van der Waals surface area contributed by atoms with Gasteiger partial charge < -0.3 is 15.8 Å². The SMILES string of the molecule is CC(C)(Oc1ccc(F)cc1)C(=O)Nc1ccccc1CC(N)=O. The van der Waals surface area contributed by atoms with E-state index in [1.165, 1.54) is 24.3 Å². The van der Waals surface area contributed by atoms with Crippen molar-refractivity contribution >= 4 is 17.5 Å². The smallest absolute Gasteiger partial charge is 0.267 e. The summed E-state index contributed by atoms with van der Waals surface area (Å²) in [6.45, 7) is 3.20. The molecular weight excluding hydrogens is 311 g/mol.